The van der Waals surface area contributed by atoms with Crippen LogP contribution in [0.15, 0.2) is 40.3 Å². The molecule has 0 spiro atoms. The first-order valence-electron chi connectivity index (χ1n) is 10.3. The fourth-order valence-corrected chi connectivity index (χ4v) is 5.87. The molecule has 31 heavy (non-hydrogen) atoms. The largest absolute Gasteiger partial charge is 0.341 e. The van der Waals surface area contributed by atoms with E-state index in [1.165, 1.54) is 22.2 Å². The maximum atomic E-state index is 13.1. The minimum Gasteiger partial charge on any atom is -0.341 e. The molecule has 10 heteroatoms. The third-order valence-electron chi connectivity index (χ3n) is 5.85. The van der Waals surface area contributed by atoms with Crippen molar-refractivity contribution in [2.45, 2.75) is 38.8 Å². The van der Waals surface area contributed by atoms with Crippen molar-refractivity contribution in [3.05, 3.63) is 51.7 Å². The van der Waals surface area contributed by atoms with Crippen LogP contribution in [-0.4, -0.2) is 48.2 Å². The van der Waals surface area contributed by atoms with Crippen LogP contribution in [-0.2, 0) is 17.9 Å². The highest BCUT2D eigenvalue weighted by atomic mass is 32.1. The number of thiophene rings is 2. The molecule has 0 radical (unpaired) electrons. The summed E-state index contributed by atoms with van der Waals surface area (Å²) in [4.78, 5) is 34.1. The summed E-state index contributed by atoms with van der Waals surface area (Å²) in [6.07, 6.45) is 4.96. The van der Waals surface area contributed by atoms with E-state index in [0.29, 0.717) is 29.2 Å². The number of rotatable bonds is 5. The first kappa shape index (κ1) is 20.1. The standard InChI is InChI=1S/C21H22N6O2S2/c1-2-25-13-23-24-19(25)14-5-7-26(8-6-14)17(28)10-27-12-22-20-18(21(27)29)15(11-31-20)16-4-3-9-30-16/h3-4,9,11-14H,2,5-8,10H2,1H3. The molecule has 0 unspecified atom stereocenters. The fraction of sp³-hybridized carbons (Fsp3) is 0.381. The Kier molecular flexibility index (Phi) is 5.41. The quantitative estimate of drug-likeness (QED) is 0.462. The van der Waals surface area contributed by atoms with Crippen molar-refractivity contribution in [3.8, 4) is 10.4 Å². The number of hydrogen-bond donors (Lipinski definition) is 0. The lowest BCUT2D eigenvalue weighted by atomic mass is 9.96. The summed E-state index contributed by atoms with van der Waals surface area (Å²) in [7, 11) is 0. The monoisotopic (exact) mass is 454 g/mol. The smallest absolute Gasteiger partial charge is 0.263 e. The first-order chi connectivity index (χ1) is 15.2. The molecule has 8 nitrogen and oxygen atoms in total. The van der Waals surface area contributed by atoms with Gasteiger partial charge in [0.15, 0.2) is 0 Å². The number of nitrogens with zero attached hydrogens (tertiary/aromatic N) is 6. The number of amides is 1. The van der Waals surface area contributed by atoms with Crippen LogP contribution in [0.25, 0.3) is 20.7 Å². The van der Waals surface area contributed by atoms with Gasteiger partial charge in [-0.1, -0.05) is 6.07 Å². The number of hydrogen-bond acceptors (Lipinski definition) is 7. The van der Waals surface area contributed by atoms with Crippen molar-refractivity contribution < 1.29 is 4.79 Å². The Morgan fingerprint density at radius 2 is 2.03 bits per heavy atom. The lowest BCUT2D eigenvalue weighted by Gasteiger charge is -2.31. The molecular formula is C21H22N6O2S2. The van der Waals surface area contributed by atoms with E-state index in [1.54, 1.807) is 17.7 Å². The van der Waals surface area contributed by atoms with E-state index in [2.05, 4.69) is 26.7 Å². The van der Waals surface area contributed by atoms with E-state index in [4.69, 9.17) is 0 Å². The Morgan fingerprint density at radius 3 is 2.77 bits per heavy atom. The van der Waals surface area contributed by atoms with Crippen LogP contribution in [0.3, 0.4) is 0 Å². The van der Waals surface area contributed by atoms with E-state index in [1.807, 2.05) is 27.8 Å². The van der Waals surface area contributed by atoms with Crippen LogP contribution in [0.1, 0.15) is 31.5 Å². The van der Waals surface area contributed by atoms with E-state index in [-0.39, 0.29) is 18.0 Å². The van der Waals surface area contributed by atoms with Crippen LogP contribution in [0.5, 0.6) is 0 Å². The van der Waals surface area contributed by atoms with Gasteiger partial charge in [-0.15, -0.1) is 32.9 Å². The summed E-state index contributed by atoms with van der Waals surface area (Å²) in [6.45, 7) is 4.24. The van der Waals surface area contributed by atoms with Crippen molar-refractivity contribution in [1.82, 2.24) is 29.2 Å². The molecule has 4 aromatic heterocycles. The molecule has 0 N–H and O–H groups in total. The van der Waals surface area contributed by atoms with Crippen LogP contribution in [0.2, 0.25) is 0 Å². The number of fused-ring (bicyclic) bond motifs is 1. The number of carbonyl (C=O) groups excluding carboxylic acids is 1. The summed E-state index contributed by atoms with van der Waals surface area (Å²) in [5.74, 6) is 1.26. The third-order valence-corrected chi connectivity index (χ3v) is 7.64. The van der Waals surface area contributed by atoms with Gasteiger partial charge >= 0.3 is 0 Å². The molecule has 5 rings (SSSR count). The molecule has 0 atom stereocenters. The van der Waals surface area contributed by atoms with Crippen molar-refractivity contribution >= 4 is 38.8 Å². The van der Waals surface area contributed by atoms with Crippen LogP contribution in [0, 0.1) is 0 Å². The normalized spacial score (nSPS) is 15.1. The molecule has 0 bridgehead atoms. The van der Waals surface area contributed by atoms with Gasteiger partial charge in [-0.3, -0.25) is 14.2 Å². The van der Waals surface area contributed by atoms with E-state index < -0.39 is 0 Å². The van der Waals surface area contributed by atoms with E-state index in [0.717, 1.165) is 35.7 Å². The average Bonchev–Trinajstić information content (AvgIpc) is 3.55. The van der Waals surface area contributed by atoms with Gasteiger partial charge in [0.05, 0.1) is 11.7 Å². The molecular weight excluding hydrogens is 432 g/mol. The van der Waals surface area contributed by atoms with Gasteiger partial charge in [0.1, 0.15) is 23.5 Å². The summed E-state index contributed by atoms with van der Waals surface area (Å²) in [6, 6.07) is 3.96. The van der Waals surface area contributed by atoms with E-state index in [9.17, 15) is 9.59 Å². The molecule has 1 amide bonds. The topological polar surface area (TPSA) is 85.9 Å². The molecule has 0 aromatic carbocycles. The number of piperidine rings is 1. The second kappa shape index (κ2) is 8.35. The molecule has 4 aromatic rings. The molecule has 1 aliphatic rings. The maximum absolute atomic E-state index is 13.1. The predicted molar refractivity (Wildman–Crippen MR) is 121 cm³/mol. The zero-order chi connectivity index (χ0) is 21.4. The van der Waals surface area contributed by atoms with Gasteiger partial charge in [-0.25, -0.2) is 4.98 Å². The molecule has 160 valence electrons. The minimum absolute atomic E-state index is 0.0112. The summed E-state index contributed by atoms with van der Waals surface area (Å²) >= 11 is 3.05. The Balaban J connectivity index is 1.31. The van der Waals surface area contributed by atoms with E-state index >= 15 is 0 Å². The SMILES string of the molecule is CCn1cnnc1C1CCN(C(=O)Cn2cnc3scc(-c4cccs4)c3c2=O)CC1. The second-order valence-electron chi connectivity index (χ2n) is 7.61. The highest BCUT2D eigenvalue weighted by Crippen LogP contribution is 2.33. The third kappa shape index (κ3) is 3.70. The lowest BCUT2D eigenvalue weighted by molar-refractivity contribution is -0.133. The summed E-state index contributed by atoms with van der Waals surface area (Å²) < 4.78 is 3.50. The maximum Gasteiger partial charge on any atom is 0.263 e. The highest BCUT2D eigenvalue weighted by Gasteiger charge is 2.27. The van der Waals surface area contributed by atoms with Crippen molar-refractivity contribution in [2.24, 2.45) is 0 Å². The molecule has 5 heterocycles. The first-order valence-corrected chi connectivity index (χ1v) is 12.1. The number of likely N-dealkylation sites (tertiary alicyclic amines) is 1. The lowest BCUT2D eigenvalue weighted by Crippen LogP contribution is -2.41. The minimum atomic E-state index is -0.158. The number of aromatic nitrogens is 5. The van der Waals surface area contributed by atoms with Crippen LogP contribution < -0.4 is 5.56 Å². The summed E-state index contributed by atoms with van der Waals surface area (Å²) in [5, 5.41) is 12.9. The number of carbonyl (C=O) groups is 1. The number of aryl methyl sites for hydroxylation is 1. The van der Waals surface area contributed by atoms with Crippen molar-refractivity contribution in [2.75, 3.05) is 13.1 Å². The summed E-state index contributed by atoms with van der Waals surface area (Å²) in [5.41, 5.74) is 0.740. The molecule has 1 saturated heterocycles. The van der Waals surface area contributed by atoms with Gasteiger partial charge < -0.3 is 9.47 Å². The van der Waals surface area contributed by atoms with Crippen molar-refractivity contribution in [1.29, 1.82) is 0 Å². The van der Waals surface area contributed by atoms with Crippen LogP contribution >= 0.6 is 22.7 Å². The van der Waals surface area contributed by atoms with Gasteiger partial charge in [-0.05, 0) is 31.2 Å². The van der Waals surface area contributed by atoms with Gasteiger partial charge in [-0.2, -0.15) is 0 Å². The molecule has 0 aliphatic carbocycles. The predicted octanol–water partition coefficient (Wildman–Crippen LogP) is 3.20. The Bertz CT molecular complexity index is 1260. The highest BCUT2D eigenvalue weighted by molar-refractivity contribution is 7.18. The average molecular weight is 455 g/mol. The zero-order valence-corrected chi connectivity index (χ0v) is 18.7. The molecule has 0 saturated carbocycles. The molecule has 1 fully saturated rings. The second-order valence-corrected chi connectivity index (χ2v) is 9.42. The zero-order valence-electron chi connectivity index (χ0n) is 17.1. The van der Waals surface area contributed by atoms with Gasteiger partial charge in [0, 0.05) is 41.4 Å². The van der Waals surface area contributed by atoms with Gasteiger partial charge in [0.2, 0.25) is 5.91 Å². The Morgan fingerprint density at radius 1 is 1.19 bits per heavy atom. The molecule has 1 aliphatic heterocycles. The van der Waals surface area contributed by atoms with Crippen molar-refractivity contribution in [3.63, 3.8) is 0 Å². The van der Waals surface area contributed by atoms with Gasteiger partial charge in [0.25, 0.3) is 5.56 Å². The van der Waals surface area contributed by atoms with Crippen LogP contribution in [0.4, 0.5) is 0 Å². The Hall–Kier alpha value is -2.85. The fourth-order valence-electron chi connectivity index (χ4n) is 4.15. The Labute approximate surface area is 186 Å².